The normalized spacial score (nSPS) is 30.9. The monoisotopic (exact) mass is 196 g/mol. The smallest absolute Gasteiger partial charge is 0.306 e. The zero-order chi connectivity index (χ0) is 10.2. The topological polar surface area (TPSA) is 54.4 Å². The lowest BCUT2D eigenvalue weighted by Crippen LogP contribution is -2.37. The fourth-order valence-corrected chi connectivity index (χ4v) is 3.00. The van der Waals surface area contributed by atoms with Gasteiger partial charge in [-0.3, -0.25) is 9.59 Å². The molecule has 0 aromatic heterocycles. The van der Waals surface area contributed by atoms with Gasteiger partial charge < -0.3 is 5.11 Å². The Morgan fingerprint density at radius 2 is 2.00 bits per heavy atom. The molecule has 0 bridgehead atoms. The molecule has 0 aromatic rings. The minimum absolute atomic E-state index is 0.235. The number of ketones is 1. The molecule has 0 saturated heterocycles. The van der Waals surface area contributed by atoms with Gasteiger partial charge in [0.05, 0.1) is 5.92 Å². The van der Waals surface area contributed by atoms with Gasteiger partial charge in [0, 0.05) is 11.8 Å². The Labute approximate surface area is 83.5 Å². The van der Waals surface area contributed by atoms with Crippen molar-refractivity contribution in [1.29, 1.82) is 0 Å². The number of carbonyl (C=O) groups is 2. The summed E-state index contributed by atoms with van der Waals surface area (Å²) in [6.07, 6.45) is 5.68. The highest BCUT2D eigenvalue weighted by molar-refractivity contribution is 5.87. The molecule has 1 N–H and O–H groups in total. The van der Waals surface area contributed by atoms with E-state index in [-0.39, 0.29) is 11.3 Å². The SMILES string of the molecule is O=C(O)C1CCC(=O)C2(CCCC2)C1. The maximum absolute atomic E-state index is 11.8. The van der Waals surface area contributed by atoms with Crippen LogP contribution in [0.15, 0.2) is 0 Å². The zero-order valence-corrected chi connectivity index (χ0v) is 8.29. The molecule has 2 saturated carbocycles. The molecule has 2 aliphatic rings. The van der Waals surface area contributed by atoms with Gasteiger partial charge in [0.1, 0.15) is 5.78 Å². The third kappa shape index (κ3) is 1.45. The second kappa shape index (κ2) is 3.37. The molecule has 2 rings (SSSR count). The van der Waals surface area contributed by atoms with Gasteiger partial charge in [0.15, 0.2) is 0 Å². The van der Waals surface area contributed by atoms with E-state index in [2.05, 4.69) is 0 Å². The maximum atomic E-state index is 11.8. The van der Waals surface area contributed by atoms with Crippen molar-refractivity contribution in [1.82, 2.24) is 0 Å². The summed E-state index contributed by atoms with van der Waals surface area (Å²) in [5.74, 6) is -0.665. The number of aliphatic carboxylic acids is 1. The molecule has 2 fully saturated rings. The first kappa shape index (κ1) is 9.69. The quantitative estimate of drug-likeness (QED) is 0.697. The maximum Gasteiger partial charge on any atom is 0.306 e. The van der Waals surface area contributed by atoms with Gasteiger partial charge in [-0.1, -0.05) is 12.8 Å². The van der Waals surface area contributed by atoms with E-state index in [0.29, 0.717) is 25.0 Å². The van der Waals surface area contributed by atoms with E-state index in [4.69, 9.17) is 5.11 Å². The van der Waals surface area contributed by atoms with Crippen LogP contribution in [0.2, 0.25) is 0 Å². The first-order chi connectivity index (χ1) is 6.64. The highest BCUT2D eigenvalue weighted by Gasteiger charge is 2.46. The Bertz CT molecular complexity index is 264. The lowest BCUT2D eigenvalue weighted by atomic mass is 9.67. The van der Waals surface area contributed by atoms with Gasteiger partial charge in [-0.25, -0.2) is 0 Å². The third-order valence-electron chi connectivity index (χ3n) is 3.86. The summed E-state index contributed by atoms with van der Waals surface area (Å²) in [6, 6.07) is 0. The van der Waals surface area contributed by atoms with Crippen LogP contribution >= 0.6 is 0 Å². The largest absolute Gasteiger partial charge is 0.481 e. The first-order valence-corrected chi connectivity index (χ1v) is 5.40. The average molecular weight is 196 g/mol. The fraction of sp³-hybridized carbons (Fsp3) is 0.818. The summed E-state index contributed by atoms with van der Waals surface area (Å²) in [7, 11) is 0. The summed E-state index contributed by atoms with van der Waals surface area (Å²) in [6.45, 7) is 0. The average Bonchev–Trinajstić information content (AvgIpc) is 2.59. The third-order valence-corrected chi connectivity index (χ3v) is 3.86. The first-order valence-electron chi connectivity index (χ1n) is 5.40. The Balaban J connectivity index is 2.14. The highest BCUT2D eigenvalue weighted by Crippen LogP contribution is 2.48. The van der Waals surface area contributed by atoms with Gasteiger partial charge in [-0.05, 0) is 25.7 Å². The number of rotatable bonds is 1. The molecule has 0 heterocycles. The van der Waals surface area contributed by atoms with Gasteiger partial charge in [-0.2, -0.15) is 0 Å². The van der Waals surface area contributed by atoms with Crippen LogP contribution in [0.5, 0.6) is 0 Å². The van der Waals surface area contributed by atoms with Crippen molar-refractivity contribution < 1.29 is 14.7 Å². The molecule has 1 atom stereocenters. The molecule has 0 aliphatic heterocycles. The lowest BCUT2D eigenvalue weighted by molar-refractivity contribution is -0.147. The second-order valence-corrected chi connectivity index (χ2v) is 4.69. The van der Waals surface area contributed by atoms with Crippen molar-refractivity contribution >= 4 is 11.8 Å². The van der Waals surface area contributed by atoms with Crippen molar-refractivity contribution in [2.45, 2.75) is 44.9 Å². The van der Waals surface area contributed by atoms with Gasteiger partial charge in [0.25, 0.3) is 0 Å². The molecule has 0 amide bonds. The fourth-order valence-electron chi connectivity index (χ4n) is 3.00. The summed E-state index contributed by atoms with van der Waals surface area (Å²) < 4.78 is 0. The molecule has 2 aliphatic carbocycles. The van der Waals surface area contributed by atoms with Crippen molar-refractivity contribution in [3.05, 3.63) is 0 Å². The Morgan fingerprint density at radius 3 is 2.57 bits per heavy atom. The van der Waals surface area contributed by atoms with Crippen molar-refractivity contribution in [2.75, 3.05) is 0 Å². The number of Topliss-reactive ketones (excluding diaryl/α,β-unsaturated/α-hetero) is 1. The molecule has 78 valence electrons. The Morgan fingerprint density at radius 1 is 1.36 bits per heavy atom. The van der Waals surface area contributed by atoms with Crippen molar-refractivity contribution in [3.63, 3.8) is 0 Å². The van der Waals surface area contributed by atoms with Gasteiger partial charge in [0.2, 0.25) is 0 Å². The van der Waals surface area contributed by atoms with E-state index in [0.717, 1.165) is 25.7 Å². The van der Waals surface area contributed by atoms with Crippen LogP contribution in [-0.2, 0) is 9.59 Å². The van der Waals surface area contributed by atoms with Crippen LogP contribution in [0.1, 0.15) is 44.9 Å². The van der Waals surface area contributed by atoms with Crippen LogP contribution in [0, 0.1) is 11.3 Å². The summed E-state index contributed by atoms with van der Waals surface area (Å²) in [5.41, 5.74) is -0.235. The van der Waals surface area contributed by atoms with Gasteiger partial charge in [-0.15, -0.1) is 0 Å². The number of hydrogen-bond donors (Lipinski definition) is 1. The molecule has 0 radical (unpaired) electrons. The molecule has 1 unspecified atom stereocenters. The molecule has 14 heavy (non-hydrogen) atoms. The van der Waals surface area contributed by atoms with Crippen LogP contribution in [-0.4, -0.2) is 16.9 Å². The summed E-state index contributed by atoms with van der Waals surface area (Å²) in [4.78, 5) is 22.7. The number of carboxylic acid groups (broad SMARTS) is 1. The number of hydrogen-bond acceptors (Lipinski definition) is 2. The van der Waals surface area contributed by atoms with Crippen molar-refractivity contribution in [2.24, 2.45) is 11.3 Å². The summed E-state index contributed by atoms with van der Waals surface area (Å²) >= 11 is 0. The van der Waals surface area contributed by atoms with Crippen LogP contribution in [0.25, 0.3) is 0 Å². The minimum atomic E-state index is -0.719. The van der Waals surface area contributed by atoms with E-state index < -0.39 is 5.97 Å². The predicted octanol–water partition coefficient (Wildman–Crippen LogP) is 2.00. The van der Waals surface area contributed by atoms with E-state index in [1.54, 1.807) is 0 Å². The molecular weight excluding hydrogens is 180 g/mol. The van der Waals surface area contributed by atoms with Crippen LogP contribution < -0.4 is 0 Å². The number of carboxylic acids is 1. The van der Waals surface area contributed by atoms with Crippen molar-refractivity contribution in [3.8, 4) is 0 Å². The number of carbonyl (C=O) groups excluding carboxylic acids is 1. The standard InChI is InChI=1S/C11H16O3/c12-9-4-3-8(10(13)14)7-11(9)5-1-2-6-11/h8H,1-7H2,(H,13,14). The zero-order valence-electron chi connectivity index (χ0n) is 8.29. The van der Waals surface area contributed by atoms with Gasteiger partial charge >= 0.3 is 5.97 Å². The van der Waals surface area contributed by atoms with E-state index >= 15 is 0 Å². The Hall–Kier alpha value is -0.860. The molecule has 3 nitrogen and oxygen atoms in total. The molecule has 1 spiro atoms. The predicted molar refractivity (Wildman–Crippen MR) is 50.9 cm³/mol. The van der Waals surface area contributed by atoms with Crippen LogP contribution in [0.4, 0.5) is 0 Å². The summed E-state index contributed by atoms with van der Waals surface area (Å²) in [5, 5.41) is 8.96. The molecular formula is C11H16O3. The second-order valence-electron chi connectivity index (χ2n) is 4.69. The highest BCUT2D eigenvalue weighted by atomic mass is 16.4. The lowest BCUT2D eigenvalue weighted by Gasteiger charge is -2.34. The molecule has 3 heteroatoms. The van der Waals surface area contributed by atoms with Crippen LogP contribution in [0.3, 0.4) is 0 Å². The minimum Gasteiger partial charge on any atom is -0.481 e. The molecule has 0 aromatic carbocycles. The van der Waals surface area contributed by atoms with E-state index in [9.17, 15) is 9.59 Å². The Kier molecular flexibility index (Phi) is 2.33. The van der Waals surface area contributed by atoms with E-state index in [1.165, 1.54) is 0 Å². The van der Waals surface area contributed by atoms with E-state index in [1.807, 2.05) is 0 Å².